The predicted octanol–water partition coefficient (Wildman–Crippen LogP) is 4.92. The van der Waals surface area contributed by atoms with E-state index in [9.17, 15) is 15.0 Å². The van der Waals surface area contributed by atoms with Gasteiger partial charge in [0.1, 0.15) is 11.5 Å². The van der Waals surface area contributed by atoms with Gasteiger partial charge in [0.05, 0.1) is 5.56 Å². The molecule has 0 saturated carbocycles. The van der Waals surface area contributed by atoms with E-state index in [4.69, 9.17) is 0 Å². The number of carbonyl (C=O) groups excluding carboxylic acids is 1. The summed E-state index contributed by atoms with van der Waals surface area (Å²) < 4.78 is 1.72. The van der Waals surface area contributed by atoms with E-state index in [0.29, 0.717) is 35.7 Å². The number of ketones is 1. The van der Waals surface area contributed by atoms with Crippen LogP contribution in [0, 0.1) is 0 Å². The van der Waals surface area contributed by atoms with Crippen LogP contribution >= 0.6 is 0 Å². The lowest BCUT2D eigenvalue weighted by molar-refractivity contribution is 0.0969. The molecule has 0 atom stereocenters. The Morgan fingerprint density at radius 2 is 1.79 bits per heavy atom. The minimum atomic E-state index is -0.105. The monoisotopic (exact) mass is 448 g/mol. The van der Waals surface area contributed by atoms with Crippen LogP contribution in [-0.2, 0) is 0 Å². The topological polar surface area (TPSA) is 100 Å². The Hall–Kier alpha value is -3.19. The van der Waals surface area contributed by atoms with Crippen molar-refractivity contribution in [3.8, 4) is 28.6 Å². The second kappa shape index (κ2) is 9.75. The van der Waals surface area contributed by atoms with Crippen molar-refractivity contribution in [3.63, 3.8) is 0 Å². The average Bonchev–Trinajstić information content (AvgIpc) is 3.25. The molecule has 0 radical (unpaired) electrons. The lowest BCUT2D eigenvalue weighted by Crippen LogP contribution is -2.26. The lowest BCUT2D eigenvalue weighted by atomic mass is 9.90. The van der Waals surface area contributed by atoms with E-state index in [1.54, 1.807) is 10.6 Å². The van der Waals surface area contributed by atoms with Crippen molar-refractivity contribution in [2.45, 2.75) is 58.3 Å². The number of carbonyl (C=O) groups is 1. The van der Waals surface area contributed by atoms with Crippen LogP contribution in [0.5, 0.6) is 11.5 Å². The Kier molecular flexibility index (Phi) is 6.79. The summed E-state index contributed by atoms with van der Waals surface area (Å²) >= 11 is 0. The summed E-state index contributed by atoms with van der Waals surface area (Å²) in [6.45, 7) is 7.94. The van der Waals surface area contributed by atoms with Crippen molar-refractivity contribution in [3.05, 3.63) is 53.3 Å². The molecule has 1 aliphatic rings. The Morgan fingerprint density at radius 3 is 2.42 bits per heavy atom. The molecule has 33 heavy (non-hydrogen) atoms. The smallest absolute Gasteiger partial charge is 0.205 e. The largest absolute Gasteiger partial charge is 0.508 e. The number of rotatable bonds is 7. The molecule has 0 bridgehead atoms. The molecule has 3 aromatic rings. The molecule has 7 nitrogen and oxygen atoms in total. The first kappa shape index (κ1) is 23.0. The third-order valence-electron chi connectivity index (χ3n) is 6.36. The van der Waals surface area contributed by atoms with E-state index in [-0.39, 0.29) is 29.0 Å². The Balaban J connectivity index is 1.82. The first-order valence-electron chi connectivity index (χ1n) is 11.8. The zero-order chi connectivity index (χ0) is 23.5. The van der Waals surface area contributed by atoms with E-state index in [2.05, 4.69) is 27.6 Å². The van der Waals surface area contributed by atoms with E-state index < -0.39 is 0 Å². The van der Waals surface area contributed by atoms with Gasteiger partial charge in [-0.3, -0.25) is 9.36 Å². The Bertz CT molecular complexity index is 1130. The molecule has 7 heteroatoms. The van der Waals surface area contributed by atoms with Crippen LogP contribution < -0.4 is 5.32 Å². The van der Waals surface area contributed by atoms with Crippen molar-refractivity contribution in [1.82, 2.24) is 20.1 Å². The van der Waals surface area contributed by atoms with Gasteiger partial charge < -0.3 is 15.5 Å². The molecule has 0 amide bonds. The Morgan fingerprint density at radius 1 is 1.09 bits per heavy atom. The highest BCUT2D eigenvalue weighted by atomic mass is 16.3. The normalized spacial score (nSPS) is 14.7. The van der Waals surface area contributed by atoms with Crippen molar-refractivity contribution in [1.29, 1.82) is 0 Å². The van der Waals surface area contributed by atoms with Crippen LogP contribution in [0.1, 0.15) is 80.0 Å². The first-order chi connectivity index (χ1) is 15.9. The van der Waals surface area contributed by atoms with Gasteiger partial charge in [-0.05, 0) is 73.5 Å². The van der Waals surface area contributed by atoms with Gasteiger partial charge >= 0.3 is 0 Å². The molecule has 1 aliphatic heterocycles. The highest BCUT2D eigenvalue weighted by Gasteiger charge is 2.24. The number of nitrogens with zero attached hydrogens (tertiary/aromatic N) is 3. The fraction of sp³-hybridized carbons (Fsp3) is 0.423. The van der Waals surface area contributed by atoms with Crippen molar-refractivity contribution < 1.29 is 15.0 Å². The zero-order valence-corrected chi connectivity index (χ0v) is 19.5. The molecule has 1 saturated heterocycles. The van der Waals surface area contributed by atoms with E-state index in [0.717, 1.165) is 31.6 Å². The molecule has 0 spiro atoms. The molecule has 1 aromatic heterocycles. The fourth-order valence-electron chi connectivity index (χ4n) is 4.51. The summed E-state index contributed by atoms with van der Waals surface area (Å²) in [4.78, 5) is 12.9. The lowest BCUT2D eigenvalue weighted by Gasteiger charge is -2.23. The average molecular weight is 449 g/mol. The van der Waals surface area contributed by atoms with Gasteiger partial charge in [-0.25, -0.2) is 0 Å². The minimum Gasteiger partial charge on any atom is -0.508 e. The van der Waals surface area contributed by atoms with Crippen LogP contribution in [0.25, 0.3) is 17.1 Å². The van der Waals surface area contributed by atoms with Crippen LogP contribution in [0.15, 0.2) is 36.4 Å². The highest BCUT2D eigenvalue weighted by molar-refractivity contribution is 5.94. The summed E-state index contributed by atoms with van der Waals surface area (Å²) in [5.74, 6) is 1.03. The van der Waals surface area contributed by atoms with E-state index >= 15 is 0 Å². The number of hydrogen-bond acceptors (Lipinski definition) is 6. The molecule has 0 aliphatic carbocycles. The Labute approximate surface area is 194 Å². The fourth-order valence-corrected chi connectivity index (χ4v) is 4.51. The summed E-state index contributed by atoms with van der Waals surface area (Å²) in [6.07, 6.45) is 3.29. The summed E-state index contributed by atoms with van der Waals surface area (Å²) in [5.41, 5.74) is 3.18. The number of aromatic hydroxyl groups is 2. The number of piperidine rings is 1. The van der Waals surface area contributed by atoms with E-state index in [1.807, 2.05) is 32.9 Å². The molecule has 2 heterocycles. The van der Waals surface area contributed by atoms with Crippen molar-refractivity contribution >= 4 is 5.78 Å². The van der Waals surface area contributed by atoms with Crippen molar-refractivity contribution in [2.75, 3.05) is 13.1 Å². The molecule has 1 fully saturated rings. The maximum atomic E-state index is 12.9. The molecule has 2 aromatic carbocycles. The second-order valence-electron chi connectivity index (χ2n) is 9.05. The number of phenols is 2. The van der Waals surface area contributed by atoms with Gasteiger partial charge in [0.15, 0.2) is 5.82 Å². The number of nitrogens with one attached hydrogen (secondary N) is 1. The van der Waals surface area contributed by atoms with Crippen LogP contribution in [-0.4, -0.2) is 43.9 Å². The third-order valence-corrected chi connectivity index (χ3v) is 6.36. The molecular weight excluding hydrogens is 416 g/mol. The third kappa shape index (κ3) is 4.64. The standard InChI is InChI=1S/C26H32N4O3/c1-4-5-22(31)26-29-28-25(21-14-20(16(2)3)23(32)15-24(21)33)30(26)19-8-6-17(7-9-19)18-10-12-27-13-11-18/h6-9,14-16,18,27,32-33H,4-5,10-13H2,1-3H3. The predicted molar refractivity (Wildman–Crippen MR) is 128 cm³/mol. The minimum absolute atomic E-state index is 0.0333. The van der Waals surface area contributed by atoms with Gasteiger partial charge in [-0.15, -0.1) is 10.2 Å². The number of Topliss-reactive ketones (excluding diaryl/α,β-unsaturated/α-hetero) is 1. The summed E-state index contributed by atoms with van der Waals surface area (Å²) in [6, 6.07) is 11.3. The molecule has 0 unspecified atom stereocenters. The summed E-state index contributed by atoms with van der Waals surface area (Å²) in [5, 5.41) is 32.9. The van der Waals surface area contributed by atoms with Crippen molar-refractivity contribution in [2.24, 2.45) is 0 Å². The van der Waals surface area contributed by atoms with Gasteiger partial charge in [0, 0.05) is 18.2 Å². The van der Waals surface area contributed by atoms with Gasteiger partial charge in [-0.1, -0.05) is 32.9 Å². The molecule has 4 rings (SSSR count). The van der Waals surface area contributed by atoms with Gasteiger partial charge in [-0.2, -0.15) is 0 Å². The summed E-state index contributed by atoms with van der Waals surface area (Å²) in [7, 11) is 0. The number of phenolic OH excluding ortho intramolecular Hbond substituents is 2. The highest BCUT2D eigenvalue weighted by Crippen LogP contribution is 2.38. The molecule has 174 valence electrons. The molecular formula is C26H32N4O3. The second-order valence-corrected chi connectivity index (χ2v) is 9.05. The number of benzene rings is 2. The van der Waals surface area contributed by atoms with E-state index in [1.165, 1.54) is 11.6 Å². The van der Waals surface area contributed by atoms with Gasteiger partial charge in [0.25, 0.3) is 0 Å². The first-order valence-corrected chi connectivity index (χ1v) is 11.8. The maximum absolute atomic E-state index is 12.9. The van der Waals surface area contributed by atoms with Crippen LogP contribution in [0.3, 0.4) is 0 Å². The zero-order valence-electron chi connectivity index (χ0n) is 19.5. The van der Waals surface area contributed by atoms with Crippen LogP contribution in [0.4, 0.5) is 0 Å². The van der Waals surface area contributed by atoms with Gasteiger partial charge in [0.2, 0.25) is 11.6 Å². The number of hydrogen-bond donors (Lipinski definition) is 3. The SMILES string of the molecule is CCCC(=O)c1nnc(-c2cc(C(C)C)c(O)cc2O)n1-c1ccc(C2CCNCC2)cc1. The van der Waals surface area contributed by atoms with Crippen LogP contribution in [0.2, 0.25) is 0 Å². The number of aromatic nitrogens is 3. The maximum Gasteiger partial charge on any atom is 0.205 e. The quantitative estimate of drug-likeness (QED) is 0.444. The molecule has 3 N–H and O–H groups in total.